The molecule has 90 valence electrons. The van der Waals surface area contributed by atoms with Crippen LogP contribution < -0.4 is 0 Å². The number of thiophene rings is 1. The maximum Gasteiger partial charge on any atom is 0.334 e. The molecule has 4 nitrogen and oxygen atoms in total. The van der Waals surface area contributed by atoms with Crippen molar-refractivity contribution < 1.29 is 14.6 Å². The van der Waals surface area contributed by atoms with Gasteiger partial charge in [0.05, 0.1) is 0 Å². The number of rotatable bonds is 7. The zero-order valence-electron chi connectivity index (χ0n) is 9.55. The number of carboxylic acid groups (broad SMARTS) is 1. The number of nitrogens with zero attached hydrogens (tertiary/aromatic N) is 1. The molecule has 0 aliphatic rings. The summed E-state index contributed by atoms with van der Waals surface area (Å²) in [5.74, 6) is -0.903. The fraction of sp³-hybridized carbons (Fsp3) is 0.545. The molecule has 0 radical (unpaired) electrons. The molecule has 1 heterocycles. The largest absolute Gasteiger partial charge is 0.479 e. The third-order valence-corrected chi connectivity index (χ3v) is 2.99. The summed E-state index contributed by atoms with van der Waals surface area (Å²) in [7, 11) is 1.90. The first kappa shape index (κ1) is 13.2. The summed E-state index contributed by atoms with van der Waals surface area (Å²) in [6.45, 7) is 3.38. The number of likely N-dealkylation sites (N-methyl/N-ethyl adjacent to an activating group) is 1. The highest BCUT2D eigenvalue weighted by Gasteiger charge is 2.19. The summed E-state index contributed by atoms with van der Waals surface area (Å²) in [6, 6.07) is 4.03. The van der Waals surface area contributed by atoms with Crippen molar-refractivity contribution in [3.8, 4) is 0 Å². The van der Waals surface area contributed by atoms with E-state index in [0.29, 0.717) is 13.2 Å². The van der Waals surface area contributed by atoms with Crippen molar-refractivity contribution in [3.63, 3.8) is 0 Å². The average Bonchev–Trinajstić information content (AvgIpc) is 2.69. The molecule has 1 rings (SSSR count). The highest BCUT2D eigenvalue weighted by Crippen LogP contribution is 2.11. The van der Waals surface area contributed by atoms with Crippen molar-refractivity contribution in [1.82, 2.24) is 4.90 Å². The molecule has 1 aromatic rings. The third-order valence-electron chi connectivity index (χ3n) is 2.13. The van der Waals surface area contributed by atoms with Crippen molar-refractivity contribution in [1.29, 1.82) is 0 Å². The van der Waals surface area contributed by atoms with Gasteiger partial charge in [-0.15, -0.1) is 11.3 Å². The zero-order chi connectivity index (χ0) is 12.0. The Hall–Kier alpha value is -0.910. The standard InChI is InChI=1S/C11H17NO3S/c1-3-15-10(11(13)14)8-12(2)7-9-5-4-6-16-9/h4-6,10H,3,7-8H2,1-2H3,(H,13,14). The van der Waals surface area contributed by atoms with Crippen LogP contribution in [0.4, 0.5) is 0 Å². The van der Waals surface area contributed by atoms with Crippen LogP contribution in [0.5, 0.6) is 0 Å². The Balaban J connectivity index is 2.42. The van der Waals surface area contributed by atoms with E-state index in [1.165, 1.54) is 4.88 Å². The van der Waals surface area contributed by atoms with E-state index >= 15 is 0 Å². The highest BCUT2D eigenvalue weighted by molar-refractivity contribution is 7.09. The van der Waals surface area contributed by atoms with E-state index < -0.39 is 12.1 Å². The van der Waals surface area contributed by atoms with Crippen LogP contribution in [-0.4, -0.2) is 42.3 Å². The maximum atomic E-state index is 10.9. The van der Waals surface area contributed by atoms with Crippen molar-refractivity contribution in [3.05, 3.63) is 22.4 Å². The molecule has 0 bridgehead atoms. The Morgan fingerprint density at radius 1 is 1.69 bits per heavy atom. The van der Waals surface area contributed by atoms with Crippen LogP contribution in [0.1, 0.15) is 11.8 Å². The molecule has 16 heavy (non-hydrogen) atoms. The molecule has 0 fully saturated rings. The van der Waals surface area contributed by atoms with Crippen LogP contribution in [0, 0.1) is 0 Å². The molecule has 1 atom stereocenters. The molecular weight excluding hydrogens is 226 g/mol. The summed E-state index contributed by atoms with van der Waals surface area (Å²) >= 11 is 1.67. The van der Waals surface area contributed by atoms with Gasteiger partial charge in [0.15, 0.2) is 6.10 Å². The van der Waals surface area contributed by atoms with Crippen LogP contribution in [0.25, 0.3) is 0 Å². The average molecular weight is 243 g/mol. The van der Waals surface area contributed by atoms with Crippen LogP contribution in [0.15, 0.2) is 17.5 Å². The van der Waals surface area contributed by atoms with Crippen molar-refractivity contribution in [2.45, 2.75) is 19.6 Å². The van der Waals surface area contributed by atoms with Crippen LogP contribution in [0.3, 0.4) is 0 Å². The monoisotopic (exact) mass is 243 g/mol. The first-order valence-electron chi connectivity index (χ1n) is 5.18. The smallest absolute Gasteiger partial charge is 0.334 e. The fourth-order valence-corrected chi connectivity index (χ4v) is 2.20. The van der Waals surface area contributed by atoms with Crippen LogP contribution >= 0.6 is 11.3 Å². The van der Waals surface area contributed by atoms with E-state index in [1.807, 2.05) is 29.5 Å². The number of aliphatic carboxylic acids is 1. The van der Waals surface area contributed by atoms with E-state index in [9.17, 15) is 4.79 Å². The van der Waals surface area contributed by atoms with Gasteiger partial charge in [0.1, 0.15) is 0 Å². The van der Waals surface area contributed by atoms with Gasteiger partial charge in [-0.2, -0.15) is 0 Å². The van der Waals surface area contributed by atoms with E-state index in [0.717, 1.165) is 6.54 Å². The second-order valence-electron chi connectivity index (χ2n) is 3.56. The SMILES string of the molecule is CCOC(CN(C)Cc1cccs1)C(=O)O. The number of hydrogen-bond acceptors (Lipinski definition) is 4. The van der Waals surface area contributed by atoms with Crippen LogP contribution in [-0.2, 0) is 16.1 Å². The summed E-state index contributed by atoms with van der Waals surface area (Å²) < 4.78 is 5.16. The van der Waals surface area contributed by atoms with Gasteiger partial charge in [-0.05, 0) is 25.4 Å². The summed E-state index contributed by atoms with van der Waals surface area (Å²) in [6.07, 6.45) is -0.741. The number of hydrogen-bond donors (Lipinski definition) is 1. The lowest BCUT2D eigenvalue weighted by atomic mass is 10.3. The molecule has 0 spiro atoms. The second-order valence-corrected chi connectivity index (χ2v) is 4.59. The van der Waals surface area contributed by atoms with Gasteiger partial charge >= 0.3 is 5.97 Å². The number of carboxylic acids is 1. The Kier molecular flexibility index (Phi) is 5.45. The molecule has 0 aliphatic heterocycles. The number of carbonyl (C=O) groups is 1. The van der Waals surface area contributed by atoms with Gasteiger partial charge in [0.2, 0.25) is 0 Å². The Labute approximate surface area is 99.5 Å². The zero-order valence-corrected chi connectivity index (χ0v) is 10.4. The van der Waals surface area contributed by atoms with Gasteiger partial charge in [0.25, 0.3) is 0 Å². The van der Waals surface area contributed by atoms with Crippen molar-refractivity contribution in [2.24, 2.45) is 0 Å². The van der Waals surface area contributed by atoms with Gasteiger partial charge in [-0.3, -0.25) is 4.90 Å². The van der Waals surface area contributed by atoms with Crippen molar-refractivity contribution >= 4 is 17.3 Å². The predicted molar refractivity (Wildman–Crippen MR) is 63.7 cm³/mol. The minimum Gasteiger partial charge on any atom is -0.479 e. The Morgan fingerprint density at radius 3 is 2.94 bits per heavy atom. The van der Waals surface area contributed by atoms with Gasteiger partial charge in [-0.1, -0.05) is 6.07 Å². The predicted octanol–water partition coefficient (Wildman–Crippen LogP) is 1.67. The molecule has 0 amide bonds. The lowest BCUT2D eigenvalue weighted by Gasteiger charge is -2.20. The molecular formula is C11H17NO3S. The first-order valence-corrected chi connectivity index (χ1v) is 6.06. The van der Waals surface area contributed by atoms with E-state index in [4.69, 9.17) is 9.84 Å². The first-order chi connectivity index (χ1) is 7.63. The lowest BCUT2D eigenvalue weighted by molar-refractivity contribution is -0.151. The molecule has 0 aromatic carbocycles. The molecule has 1 N–H and O–H groups in total. The van der Waals surface area contributed by atoms with E-state index in [1.54, 1.807) is 18.3 Å². The van der Waals surface area contributed by atoms with E-state index in [-0.39, 0.29) is 0 Å². The molecule has 1 unspecified atom stereocenters. The van der Waals surface area contributed by atoms with Crippen LogP contribution in [0.2, 0.25) is 0 Å². The van der Waals surface area contributed by atoms with Gasteiger partial charge in [-0.25, -0.2) is 4.79 Å². The molecule has 0 saturated heterocycles. The van der Waals surface area contributed by atoms with Gasteiger partial charge in [0, 0.05) is 24.6 Å². The highest BCUT2D eigenvalue weighted by atomic mass is 32.1. The molecule has 0 aliphatic carbocycles. The molecule has 0 saturated carbocycles. The Morgan fingerprint density at radius 2 is 2.44 bits per heavy atom. The number of ether oxygens (including phenoxy) is 1. The molecule has 1 aromatic heterocycles. The minimum atomic E-state index is -0.903. The fourth-order valence-electron chi connectivity index (χ4n) is 1.42. The Bertz CT molecular complexity index is 313. The summed E-state index contributed by atoms with van der Waals surface area (Å²) in [4.78, 5) is 14.1. The second kappa shape index (κ2) is 6.62. The topological polar surface area (TPSA) is 49.8 Å². The maximum absolute atomic E-state index is 10.9. The van der Waals surface area contributed by atoms with Gasteiger partial charge < -0.3 is 9.84 Å². The lowest BCUT2D eigenvalue weighted by Crippen LogP contribution is -2.36. The van der Waals surface area contributed by atoms with Crippen molar-refractivity contribution in [2.75, 3.05) is 20.2 Å². The quantitative estimate of drug-likeness (QED) is 0.791. The summed E-state index contributed by atoms with van der Waals surface area (Å²) in [5, 5.41) is 10.9. The van der Waals surface area contributed by atoms with E-state index in [2.05, 4.69) is 0 Å². The minimum absolute atomic E-state index is 0.404. The third kappa shape index (κ3) is 4.30. The summed E-state index contributed by atoms with van der Waals surface area (Å²) in [5.41, 5.74) is 0. The molecule has 5 heteroatoms. The normalized spacial score (nSPS) is 12.9.